The number of nitrogens with zero attached hydrogens (tertiary/aromatic N) is 4. The van der Waals surface area contributed by atoms with E-state index in [1.165, 1.54) is 0 Å². The number of fused-ring (bicyclic) bond motifs is 1. The quantitative estimate of drug-likeness (QED) is 0.672. The number of hydrogen-bond acceptors (Lipinski definition) is 6. The summed E-state index contributed by atoms with van der Waals surface area (Å²) >= 11 is 0. The Morgan fingerprint density at radius 3 is 3.04 bits per heavy atom. The SMILES string of the molecule is OC1(C2CN(c3cccc(-c4[nH]nc5ncccc45)n3)CCN2)CC1.[HH]. The molecule has 1 aliphatic heterocycles. The summed E-state index contributed by atoms with van der Waals surface area (Å²) in [5, 5.41) is 22.1. The Morgan fingerprint density at radius 1 is 1.24 bits per heavy atom. The lowest BCUT2D eigenvalue weighted by atomic mass is 10.1. The molecule has 130 valence electrons. The molecule has 0 bridgehead atoms. The molecule has 25 heavy (non-hydrogen) atoms. The number of anilines is 1. The zero-order chi connectivity index (χ0) is 16.9. The van der Waals surface area contributed by atoms with Crippen molar-refractivity contribution < 1.29 is 6.53 Å². The van der Waals surface area contributed by atoms with Crippen LogP contribution in [-0.4, -0.2) is 56.5 Å². The van der Waals surface area contributed by atoms with Crippen LogP contribution in [0.15, 0.2) is 36.5 Å². The van der Waals surface area contributed by atoms with Crippen molar-refractivity contribution in [3.63, 3.8) is 0 Å². The fourth-order valence-electron chi connectivity index (χ4n) is 3.58. The first-order valence-corrected chi connectivity index (χ1v) is 8.70. The van der Waals surface area contributed by atoms with Crippen LogP contribution in [0.25, 0.3) is 22.4 Å². The summed E-state index contributed by atoms with van der Waals surface area (Å²) in [5.74, 6) is 0.930. The maximum Gasteiger partial charge on any atom is 0.181 e. The Labute approximate surface area is 146 Å². The van der Waals surface area contributed by atoms with Gasteiger partial charge in [0.2, 0.25) is 0 Å². The molecule has 3 aromatic heterocycles. The third kappa shape index (κ3) is 2.56. The van der Waals surface area contributed by atoms with E-state index in [9.17, 15) is 5.11 Å². The Kier molecular flexibility index (Phi) is 3.26. The topological polar surface area (TPSA) is 90.0 Å². The molecule has 3 N–H and O–H groups in total. The molecule has 0 radical (unpaired) electrons. The van der Waals surface area contributed by atoms with Gasteiger partial charge in [-0.05, 0) is 37.1 Å². The first-order valence-electron chi connectivity index (χ1n) is 8.70. The molecule has 1 saturated carbocycles. The molecule has 4 heterocycles. The van der Waals surface area contributed by atoms with E-state index in [0.717, 1.165) is 55.1 Å². The van der Waals surface area contributed by atoms with Gasteiger partial charge in [-0.15, -0.1) is 0 Å². The second kappa shape index (κ2) is 5.50. The van der Waals surface area contributed by atoms with Crippen LogP contribution >= 0.6 is 0 Å². The highest BCUT2D eigenvalue weighted by Gasteiger charge is 2.49. The van der Waals surface area contributed by atoms with Crippen LogP contribution in [0.5, 0.6) is 0 Å². The fourth-order valence-corrected chi connectivity index (χ4v) is 3.58. The fraction of sp³-hybridized carbons (Fsp3) is 0.389. The molecule has 1 aliphatic carbocycles. The summed E-state index contributed by atoms with van der Waals surface area (Å²) in [5.41, 5.74) is 1.91. The molecule has 0 aromatic carbocycles. The molecular weight excluding hydrogens is 316 g/mol. The molecule has 7 heteroatoms. The van der Waals surface area contributed by atoms with Gasteiger partial charge < -0.3 is 15.3 Å². The minimum atomic E-state index is -0.526. The maximum atomic E-state index is 10.4. The largest absolute Gasteiger partial charge is 0.388 e. The molecule has 1 unspecified atom stereocenters. The van der Waals surface area contributed by atoms with Gasteiger partial charge in [0.15, 0.2) is 5.65 Å². The van der Waals surface area contributed by atoms with Gasteiger partial charge in [0.25, 0.3) is 0 Å². The molecule has 0 spiro atoms. The summed E-state index contributed by atoms with van der Waals surface area (Å²) < 4.78 is 0. The van der Waals surface area contributed by atoms with Gasteiger partial charge in [-0.3, -0.25) is 5.10 Å². The zero-order valence-corrected chi connectivity index (χ0v) is 13.8. The highest BCUT2D eigenvalue weighted by atomic mass is 16.3. The third-order valence-electron chi connectivity index (χ3n) is 5.23. The summed E-state index contributed by atoms with van der Waals surface area (Å²) in [6, 6.07) is 10.0. The van der Waals surface area contributed by atoms with Crippen molar-refractivity contribution in [2.24, 2.45) is 0 Å². The molecule has 3 aromatic rings. The van der Waals surface area contributed by atoms with Gasteiger partial charge in [-0.2, -0.15) is 5.10 Å². The smallest absolute Gasteiger partial charge is 0.181 e. The van der Waals surface area contributed by atoms with E-state index in [0.29, 0.717) is 5.65 Å². The van der Waals surface area contributed by atoms with E-state index in [2.05, 4.69) is 25.4 Å². The number of aromatic nitrogens is 4. The second-order valence-electron chi connectivity index (χ2n) is 6.91. The third-order valence-corrected chi connectivity index (χ3v) is 5.23. The Balaban J connectivity index is 0.00000168. The van der Waals surface area contributed by atoms with Gasteiger partial charge in [0, 0.05) is 32.6 Å². The maximum absolute atomic E-state index is 10.4. The number of piperazine rings is 1. The highest BCUT2D eigenvalue weighted by molar-refractivity contribution is 5.89. The molecular formula is C18H22N6O. The lowest BCUT2D eigenvalue weighted by Crippen LogP contribution is -2.57. The van der Waals surface area contributed by atoms with Crippen LogP contribution in [0.2, 0.25) is 0 Å². The number of hydrogen-bond donors (Lipinski definition) is 3. The Hall–Kier alpha value is -2.51. The van der Waals surface area contributed by atoms with Gasteiger partial charge in [-0.25, -0.2) is 9.97 Å². The standard InChI is InChI=1S/C18H20N6O.H2/c25-18(6-7-18)14-11-24(10-9-19-14)15-5-1-4-13(21-15)16-12-3-2-8-20-17(12)23-22-16;/h1-5,8,14,19,25H,6-7,9-11H2,(H,20,22,23);1H. The van der Waals surface area contributed by atoms with E-state index in [1.54, 1.807) is 6.20 Å². The van der Waals surface area contributed by atoms with Crippen molar-refractivity contribution in [2.75, 3.05) is 24.5 Å². The zero-order valence-electron chi connectivity index (χ0n) is 13.8. The average molecular weight is 338 g/mol. The normalized spacial score (nSPS) is 22.3. The molecule has 2 aliphatic rings. The van der Waals surface area contributed by atoms with Crippen LogP contribution < -0.4 is 10.2 Å². The number of nitrogens with one attached hydrogen (secondary N) is 2. The van der Waals surface area contributed by atoms with Gasteiger partial charge in [0.1, 0.15) is 5.82 Å². The van der Waals surface area contributed by atoms with Crippen LogP contribution in [0, 0.1) is 0 Å². The van der Waals surface area contributed by atoms with Crippen molar-refractivity contribution in [1.82, 2.24) is 25.5 Å². The molecule has 1 saturated heterocycles. The van der Waals surface area contributed by atoms with Crippen LogP contribution in [0.4, 0.5) is 5.82 Å². The molecule has 7 nitrogen and oxygen atoms in total. The van der Waals surface area contributed by atoms with E-state index >= 15 is 0 Å². The average Bonchev–Trinajstić information content (AvgIpc) is 3.28. The highest BCUT2D eigenvalue weighted by Crippen LogP contribution is 2.39. The molecule has 0 amide bonds. The van der Waals surface area contributed by atoms with Crippen molar-refractivity contribution in [3.05, 3.63) is 36.5 Å². The lowest BCUT2D eigenvalue weighted by molar-refractivity contribution is 0.0995. The summed E-state index contributed by atoms with van der Waals surface area (Å²) in [6.45, 7) is 2.52. The van der Waals surface area contributed by atoms with Crippen LogP contribution in [-0.2, 0) is 0 Å². The Morgan fingerprint density at radius 2 is 2.16 bits per heavy atom. The first-order chi connectivity index (χ1) is 12.2. The molecule has 2 fully saturated rings. The van der Waals surface area contributed by atoms with Gasteiger partial charge in [-0.1, -0.05) is 6.07 Å². The molecule has 1 atom stereocenters. The van der Waals surface area contributed by atoms with Gasteiger partial charge >= 0.3 is 0 Å². The van der Waals surface area contributed by atoms with E-state index in [-0.39, 0.29) is 7.47 Å². The monoisotopic (exact) mass is 338 g/mol. The summed E-state index contributed by atoms with van der Waals surface area (Å²) in [7, 11) is 0. The second-order valence-corrected chi connectivity index (χ2v) is 6.91. The number of H-pyrrole nitrogens is 1. The van der Waals surface area contributed by atoms with Crippen molar-refractivity contribution >= 4 is 16.9 Å². The summed E-state index contributed by atoms with van der Waals surface area (Å²) in [4.78, 5) is 11.4. The lowest BCUT2D eigenvalue weighted by Gasteiger charge is -2.37. The minimum Gasteiger partial charge on any atom is -0.388 e. The van der Waals surface area contributed by atoms with E-state index in [1.807, 2.05) is 30.3 Å². The van der Waals surface area contributed by atoms with Crippen LogP contribution in [0.1, 0.15) is 14.3 Å². The van der Waals surface area contributed by atoms with Crippen molar-refractivity contribution in [1.29, 1.82) is 0 Å². The van der Waals surface area contributed by atoms with Crippen molar-refractivity contribution in [2.45, 2.75) is 24.5 Å². The van der Waals surface area contributed by atoms with Gasteiger partial charge in [0.05, 0.1) is 23.0 Å². The number of aromatic amines is 1. The predicted octanol–water partition coefficient (Wildman–Crippen LogP) is 1.57. The minimum absolute atomic E-state index is 0. The number of aliphatic hydroxyl groups is 1. The number of pyridine rings is 2. The predicted molar refractivity (Wildman–Crippen MR) is 97.4 cm³/mol. The first kappa shape index (κ1) is 14.8. The Bertz CT molecular complexity index is 925. The van der Waals surface area contributed by atoms with E-state index in [4.69, 9.17) is 4.98 Å². The number of rotatable bonds is 3. The van der Waals surface area contributed by atoms with Crippen molar-refractivity contribution in [3.8, 4) is 11.4 Å². The molecule has 5 rings (SSSR count). The van der Waals surface area contributed by atoms with E-state index < -0.39 is 5.60 Å². The summed E-state index contributed by atoms with van der Waals surface area (Å²) in [6.07, 6.45) is 3.51. The van der Waals surface area contributed by atoms with Crippen LogP contribution in [0.3, 0.4) is 0 Å².